The van der Waals surface area contributed by atoms with Crippen molar-refractivity contribution in [2.24, 2.45) is 0 Å². The first-order valence-corrected chi connectivity index (χ1v) is 9.82. The van der Waals surface area contributed by atoms with E-state index in [9.17, 15) is 4.79 Å². The molecule has 3 aromatic heterocycles. The average Bonchev–Trinajstić information content (AvgIpc) is 3.18. The van der Waals surface area contributed by atoms with Crippen LogP contribution < -0.4 is 5.73 Å². The van der Waals surface area contributed by atoms with E-state index >= 15 is 0 Å². The number of nitrogens with two attached hydrogens (primary N) is 1. The summed E-state index contributed by atoms with van der Waals surface area (Å²) in [4.78, 5) is 27.2. The number of carbonyl (C=O) groups is 1. The number of carbonyl (C=O) groups excluding carboxylic acids is 1. The molecule has 4 rings (SSSR count). The number of hydrogen-bond acceptors (Lipinski definition) is 6. The first kappa shape index (κ1) is 19.3. The minimum atomic E-state index is -0.272. The highest BCUT2D eigenvalue weighted by molar-refractivity contribution is 9.10. The van der Waals surface area contributed by atoms with Crippen LogP contribution in [0.2, 0.25) is 0 Å². The summed E-state index contributed by atoms with van der Waals surface area (Å²) in [5.41, 5.74) is 8.85. The van der Waals surface area contributed by atoms with E-state index in [2.05, 4.69) is 31.0 Å². The number of halogens is 1. The SMILES string of the molecule is CCn1ncc2c(N)nc3ccc(C(=O)N(Cc4ccc(Br)cn4)OC)cc3c21. The summed E-state index contributed by atoms with van der Waals surface area (Å²) < 4.78 is 2.72. The summed E-state index contributed by atoms with van der Waals surface area (Å²) in [6, 6.07) is 9.02. The van der Waals surface area contributed by atoms with Crippen molar-refractivity contribution in [3.05, 3.63) is 58.5 Å². The molecular formula is C20H19BrN6O2. The third-order valence-electron chi connectivity index (χ3n) is 4.70. The van der Waals surface area contributed by atoms with Gasteiger partial charge < -0.3 is 5.73 Å². The fourth-order valence-electron chi connectivity index (χ4n) is 3.25. The maximum Gasteiger partial charge on any atom is 0.277 e. The van der Waals surface area contributed by atoms with Gasteiger partial charge in [-0.1, -0.05) is 0 Å². The summed E-state index contributed by atoms with van der Waals surface area (Å²) >= 11 is 3.35. The molecule has 4 aromatic rings. The molecule has 0 spiro atoms. The predicted molar refractivity (Wildman–Crippen MR) is 114 cm³/mol. The Bertz CT molecular complexity index is 1210. The van der Waals surface area contributed by atoms with Crippen LogP contribution in [0.1, 0.15) is 23.0 Å². The molecule has 0 unspecified atom stereocenters. The molecule has 1 aromatic carbocycles. The van der Waals surface area contributed by atoms with Gasteiger partial charge in [0.15, 0.2) is 0 Å². The average molecular weight is 455 g/mol. The molecule has 0 saturated heterocycles. The number of rotatable bonds is 5. The van der Waals surface area contributed by atoms with E-state index in [4.69, 9.17) is 10.6 Å². The molecule has 0 saturated carbocycles. The van der Waals surface area contributed by atoms with E-state index in [1.807, 2.05) is 23.7 Å². The van der Waals surface area contributed by atoms with Gasteiger partial charge in [-0.3, -0.25) is 19.3 Å². The van der Waals surface area contributed by atoms with Gasteiger partial charge in [-0.05, 0) is 53.2 Å². The quantitative estimate of drug-likeness (QED) is 0.462. The Morgan fingerprint density at radius 1 is 1.24 bits per heavy atom. The third kappa shape index (κ3) is 3.54. The van der Waals surface area contributed by atoms with Gasteiger partial charge in [0.1, 0.15) is 5.82 Å². The zero-order valence-electron chi connectivity index (χ0n) is 16.0. The molecule has 0 radical (unpaired) electrons. The highest BCUT2D eigenvalue weighted by Crippen LogP contribution is 2.29. The number of aryl methyl sites for hydroxylation is 1. The molecule has 0 fully saturated rings. The van der Waals surface area contributed by atoms with Gasteiger partial charge >= 0.3 is 0 Å². The van der Waals surface area contributed by atoms with Crippen LogP contribution in [-0.2, 0) is 17.9 Å². The van der Waals surface area contributed by atoms with Crippen LogP contribution in [0.4, 0.5) is 5.82 Å². The Balaban J connectivity index is 1.75. The molecule has 29 heavy (non-hydrogen) atoms. The molecule has 9 heteroatoms. The van der Waals surface area contributed by atoms with Crippen molar-refractivity contribution in [1.82, 2.24) is 24.8 Å². The molecule has 0 atom stereocenters. The molecule has 148 valence electrons. The summed E-state index contributed by atoms with van der Waals surface area (Å²) in [6.45, 7) is 2.91. The Labute approximate surface area is 175 Å². The maximum absolute atomic E-state index is 13.1. The summed E-state index contributed by atoms with van der Waals surface area (Å²) in [7, 11) is 1.46. The smallest absolute Gasteiger partial charge is 0.277 e. The standard InChI is InChI=1S/C20H19BrN6O2/c1-3-26-18-15-8-12(4-7-17(15)25-19(22)16(18)10-24-26)20(28)27(29-2)11-14-6-5-13(21)9-23-14/h4-10H,3,11H2,1-2H3,(H2,22,25). The minimum absolute atomic E-state index is 0.225. The second-order valence-electron chi connectivity index (χ2n) is 6.44. The molecule has 0 aliphatic carbocycles. The van der Waals surface area contributed by atoms with E-state index in [0.29, 0.717) is 29.1 Å². The maximum atomic E-state index is 13.1. The molecule has 0 bridgehead atoms. The highest BCUT2D eigenvalue weighted by Gasteiger charge is 2.19. The van der Waals surface area contributed by atoms with Crippen molar-refractivity contribution >= 4 is 49.5 Å². The third-order valence-corrected chi connectivity index (χ3v) is 5.16. The Morgan fingerprint density at radius 2 is 2.07 bits per heavy atom. The second kappa shape index (κ2) is 7.76. The molecule has 3 heterocycles. The lowest BCUT2D eigenvalue weighted by atomic mass is 10.1. The van der Waals surface area contributed by atoms with Crippen LogP contribution in [0.3, 0.4) is 0 Å². The number of anilines is 1. The van der Waals surface area contributed by atoms with Crippen LogP contribution in [0.25, 0.3) is 21.8 Å². The van der Waals surface area contributed by atoms with Crippen LogP contribution in [0.5, 0.6) is 0 Å². The van der Waals surface area contributed by atoms with Gasteiger partial charge in [0.05, 0.1) is 42.0 Å². The number of hydroxylamine groups is 2. The lowest BCUT2D eigenvalue weighted by molar-refractivity contribution is -0.102. The van der Waals surface area contributed by atoms with E-state index in [1.165, 1.54) is 12.2 Å². The fourth-order valence-corrected chi connectivity index (χ4v) is 3.49. The lowest BCUT2D eigenvalue weighted by Crippen LogP contribution is -2.29. The number of fused-ring (bicyclic) bond motifs is 3. The molecule has 1 amide bonds. The number of aromatic nitrogens is 4. The Hall–Kier alpha value is -3.04. The normalized spacial score (nSPS) is 11.3. The van der Waals surface area contributed by atoms with Crippen LogP contribution in [0, 0.1) is 0 Å². The monoisotopic (exact) mass is 454 g/mol. The molecular weight excluding hydrogens is 436 g/mol. The molecule has 0 aliphatic heterocycles. The Kier molecular flexibility index (Phi) is 5.16. The second-order valence-corrected chi connectivity index (χ2v) is 7.36. The van der Waals surface area contributed by atoms with Gasteiger partial charge in [0, 0.05) is 28.2 Å². The molecule has 2 N–H and O–H groups in total. The number of nitrogens with zero attached hydrogens (tertiary/aromatic N) is 5. The molecule has 0 aliphatic rings. The van der Waals surface area contributed by atoms with Crippen LogP contribution in [-0.4, -0.2) is 37.8 Å². The topological polar surface area (TPSA) is 99.2 Å². The van der Waals surface area contributed by atoms with Crippen molar-refractivity contribution in [2.45, 2.75) is 20.0 Å². The van der Waals surface area contributed by atoms with E-state index in [-0.39, 0.29) is 12.5 Å². The highest BCUT2D eigenvalue weighted by atomic mass is 79.9. The zero-order chi connectivity index (χ0) is 20.5. The van der Waals surface area contributed by atoms with Crippen molar-refractivity contribution in [3.8, 4) is 0 Å². The van der Waals surface area contributed by atoms with Gasteiger partial charge in [-0.25, -0.2) is 10.0 Å². The van der Waals surface area contributed by atoms with Gasteiger partial charge in [-0.2, -0.15) is 5.10 Å². The largest absolute Gasteiger partial charge is 0.383 e. The van der Waals surface area contributed by atoms with Gasteiger partial charge in [0.25, 0.3) is 5.91 Å². The fraction of sp³-hybridized carbons (Fsp3) is 0.200. The Morgan fingerprint density at radius 3 is 2.76 bits per heavy atom. The van der Waals surface area contributed by atoms with Crippen LogP contribution >= 0.6 is 15.9 Å². The summed E-state index contributed by atoms with van der Waals surface area (Å²) in [5, 5.41) is 7.24. The van der Waals surface area contributed by atoms with Gasteiger partial charge in [-0.15, -0.1) is 0 Å². The number of pyridine rings is 2. The van der Waals surface area contributed by atoms with E-state index in [1.54, 1.807) is 30.6 Å². The lowest BCUT2D eigenvalue weighted by Gasteiger charge is -2.19. The van der Waals surface area contributed by atoms with Crippen molar-refractivity contribution in [1.29, 1.82) is 0 Å². The van der Waals surface area contributed by atoms with Gasteiger partial charge in [0.2, 0.25) is 0 Å². The van der Waals surface area contributed by atoms with Crippen LogP contribution in [0.15, 0.2) is 47.2 Å². The number of amides is 1. The van der Waals surface area contributed by atoms with Crippen molar-refractivity contribution < 1.29 is 9.63 Å². The number of nitrogen functional groups attached to an aromatic ring is 1. The number of benzene rings is 1. The minimum Gasteiger partial charge on any atom is -0.383 e. The number of hydrogen-bond donors (Lipinski definition) is 1. The summed E-state index contributed by atoms with van der Waals surface area (Å²) in [6.07, 6.45) is 3.39. The zero-order valence-corrected chi connectivity index (χ0v) is 17.5. The molecule has 8 nitrogen and oxygen atoms in total. The predicted octanol–water partition coefficient (Wildman–Crippen LogP) is 3.55. The van der Waals surface area contributed by atoms with E-state index in [0.717, 1.165) is 20.8 Å². The van der Waals surface area contributed by atoms with Crippen molar-refractivity contribution in [2.75, 3.05) is 12.8 Å². The first-order valence-electron chi connectivity index (χ1n) is 9.03. The first-order chi connectivity index (χ1) is 14.0. The van der Waals surface area contributed by atoms with E-state index < -0.39 is 0 Å². The van der Waals surface area contributed by atoms with Crippen molar-refractivity contribution in [3.63, 3.8) is 0 Å². The summed E-state index contributed by atoms with van der Waals surface area (Å²) in [5.74, 6) is 0.151.